The predicted octanol–water partition coefficient (Wildman–Crippen LogP) is 4.37. The summed E-state index contributed by atoms with van der Waals surface area (Å²) in [6, 6.07) is 0. The van der Waals surface area contributed by atoms with Crippen molar-refractivity contribution in [2.24, 2.45) is 0 Å². The fourth-order valence-electron chi connectivity index (χ4n) is 1.75. The molecule has 1 N–H and O–H groups in total. The van der Waals surface area contributed by atoms with Crippen molar-refractivity contribution >= 4 is 5.91 Å². The summed E-state index contributed by atoms with van der Waals surface area (Å²) in [6.07, 6.45) is -23.1. The van der Waals surface area contributed by atoms with E-state index in [9.17, 15) is 75.9 Å². The van der Waals surface area contributed by atoms with Gasteiger partial charge in [-0.15, -0.1) is 0 Å². The van der Waals surface area contributed by atoms with Gasteiger partial charge >= 0.3 is 42.1 Å². The molecule has 20 heteroatoms. The van der Waals surface area contributed by atoms with Crippen LogP contribution in [0.3, 0.4) is 0 Å². The fourth-order valence-corrected chi connectivity index (χ4v) is 1.75. The molecule has 0 aliphatic rings. The Morgan fingerprint density at radius 3 is 1.55 bits per heavy atom. The topological polar surface area (TPSA) is 61.4 Å². The molecule has 0 saturated heterocycles. The molecule has 0 aromatic rings. The number of rotatable bonds is 11. The van der Waals surface area contributed by atoms with E-state index in [4.69, 9.17) is 0 Å². The Balaban J connectivity index is 5.80. The lowest BCUT2D eigenvalue weighted by molar-refractivity contribution is -0.840. The van der Waals surface area contributed by atoms with E-state index >= 15 is 0 Å². The quantitative estimate of drug-likeness (QED) is 0.187. The molecule has 0 aliphatic carbocycles. The molecule has 0 bridgehead atoms. The molecule has 5 nitrogen and oxygen atoms in total. The van der Waals surface area contributed by atoms with Gasteiger partial charge in [-0.2, -0.15) is 65.9 Å². The SMILES string of the molecule is C[N+](C)([O-])CCCNC(=O)C(F)(F)C(F)(F)OC(F)(F)C(F)(F)C(F)(F)C(F)(F)C(F)(F)F. The van der Waals surface area contributed by atoms with Crippen LogP contribution in [-0.2, 0) is 9.53 Å². The van der Waals surface area contributed by atoms with E-state index in [0.717, 1.165) is 19.4 Å². The zero-order chi connectivity index (χ0) is 27.1. The van der Waals surface area contributed by atoms with Crippen LogP contribution >= 0.6 is 0 Å². The average molecular weight is 530 g/mol. The minimum Gasteiger partial charge on any atom is -0.633 e. The van der Waals surface area contributed by atoms with Crippen LogP contribution in [0.2, 0.25) is 0 Å². The number of amides is 1. The lowest BCUT2D eigenvalue weighted by Gasteiger charge is -2.38. The molecule has 0 rings (SSSR count). The van der Waals surface area contributed by atoms with E-state index in [0.29, 0.717) is 0 Å². The third-order valence-corrected chi connectivity index (χ3v) is 3.58. The van der Waals surface area contributed by atoms with Crippen LogP contribution in [0.4, 0.5) is 65.9 Å². The van der Waals surface area contributed by atoms with Crippen molar-refractivity contribution in [3.05, 3.63) is 5.21 Å². The average Bonchev–Trinajstić information content (AvgIpc) is 2.54. The molecule has 0 radical (unpaired) electrons. The van der Waals surface area contributed by atoms with Gasteiger partial charge < -0.3 is 15.2 Å². The number of hydrogen-bond donors (Lipinski definition) is 1. The van der Waals surface area contributed by atoms with Crippen molar-refractivity contribution < 1.29 is 80.0 Å². The van der Waals surface area contributed by atoms with Crippen LogP contribution in [0.1, 0.15) is 6.42 Å². The molecule has 0 atom stereocenters. The lowest BCUT2D eigenvalue weighted by Crippen LogP contribution is -2.68. The maximum atomic E-state index is 13.4. The molecule has 198 valence electrons. The van der Waals surface area contributed by atoms with Gasteiger partial charge in [0.15, 0.2) is 0 Å². The van der Waals surface area contributed by atoms with Crippen molar-refractivity contribution in [2.45, 2.75) is 48.5 Å². The normalized spacial score (nSPS) is 15.6. The summed E-state index contributed by atoms with van der Waals surface area (Å²) in [5.41, 5.74) is 0. The second kappa shape index (κ2) is 8.82. The van der Waals surface area contributed by atoms with Crippen LogP contribution in [0.5, 0.6) is 0 Å². The molecule has 0 aliphatic heterocycles. The van der Waals surface area contributed by atoms with Crippen LogP contribution in [-0.4, -0.2) is 79.8 Å². The number of carbonyl (C=O) groups is 1. The van der Waals surface area contributed by atoms with E-state index in [1.165, 1.54) is 0 Å². The Hall–Kier alpha value is -1.70. The first-order valence-corrected chi connectivity index (χ1v) is 7.94. The second-order valence-electron chi connectivity index (χ2n) is 6.84. The van der Waals surface area contributed by atoms with E-state index in [2.05, 4.69) is 0 Å². The highest BCUT2D eigenvalue weighted by Gasteiger charge is 2.89. The molecule has 0 unspecified atom stereocenters. The van der Waals surface area contributed by atoms with E-state index < -0.39 is 72.1 Å². The van der Waals surface area contributed by atoms with Gasteiger partial charge in [0.05, 0.1) is 20.6 Å². The smallest absolute Gasteiger partial charge is 0.460 e. The van der Waals surface area contributed by atoms with Gasteiger partial charge in [0.25, 0.3) is 5.91 Å². The summed E-state index contributed by atoms with van der Waals surface area (Å²) >= 11 is 0. The molecule has 33 heavy (non-hydrogen) atoms. The molecule has 0 fully saturated rings. The van der Waals surface area contributed by atoms with E-state index in [1.54, 1.807) is 4.74 Å². The van der Waals surface area contributed by atoms with Gasteiger partial charge in [0.1, 0.15) is 0 Å². The Bertz CT molecular complexity index is 700. The third-order valence-electron chi connectivity index (χ3n) is 3.58. The Morgan fingerprint density at radius 1 is 0.758 bits per heavy atom. The van der Waals surface area contributed by atoms with Crippen molar-refractivity contribution in [3.63, 3.8) is 0 Å². The highest BCUT2D eigenvalue weighted by atomic mass is 19.4. The van der Waals surface area contributed by atoms with Crippen molar-refractivity contribution in [2.75, 3.05) is 27.2 Å². The summed E-state index contributed by atoms with van der Waals surface area (Å²) in [6.45, 7) is -1.43. The number of alkyl halides is 15. The molecule has 0 aromatic heterocycles. The minimum atomic E-state index is -8.20. The molecular formula is C13H13F15N2O3. The second-order valence-corrected chi connectivity index (χ2v) is 6.84. The molecular weight excluding hydrogens is 517 g/mol. The van der Waals surface area contributed by atoms with Crippen molar-refractivity contribution in [1.82, 2.24) is 5.32 Å². The number of hydroxylamine groups is 3. The van der Waals surface area contributed by atoms with Gasteiger partial charge in [0, 0.05) is 13.0 Å². The largest absolute Gasteiger partial charge is 0.633 e. The third kappa shape index (κ3) is 6.06. The van der Waals surface area contributed by atoms with Gasteiger partial charge in [-0.25, -0.2) is 4.74 Å². The standard InChI is InChI=1S/C13H13F15N2O3/c1-30(2,32)5-3-4-29-6(31)7(14,15)12(25,26)33-13(27,28)10(20,21)8(16,17)9(18,19)11(22,23)24/h3-5H2,1-2H3,(H,29,31). The maximum Gasteiger partial charge on any atom is 0.460 e. The van der Waals surface area contributed by atoms with Crippen LogP contribution in [0.25, 0.3) is 0 Å². The monoisotopic (exact) mass is 530 g/mol. The zero-order valence-electron chi connectivity index (χ0n) is 16.0. The molecule has 0 aromatic carbocycles. The van der Waals surface area contributed by atoms with Crippen LogP contribution in [0.15, 0.2) is 0 Å². The fraction of sp³-hybridized carbons (Fsp3) is 0.923. The zero-order valence-corrected chi connectivity index (χ0v) is 16.0. The van der Waals surface area contributed by atoms with Crippen molar-refractivity contribution in [1.29, 1.82) is 0 Å². The Morgan fingerprint density at radius 2 is 1.18 bits per heavy atom. The predicted molar refractivity (Wildman–Crippen MR) is 74.8 cm³/mol. The first-order chi connectivity index (χ1) is 14.1. The molecule has 0 spiro atoms. The van der Waals surface area contributed by atoms with E-state index in [-0.39, 0.29) is 0 Å². The first-order valence-electron chi connectivity index (χ1n) is 7.94. The summed E-state index contributed by atoms with van der Waals surface area (Å²) in [5, 5.41) is 12.1. The number of halogens is 15. The molecule has 0 saturated carbocycles. The Labute approximate surface area is 173 Å². The highest BCUT2D eigenvalue weighted by Crippen LogP contribution is 2.58. The number of nitrogens with zero attached hydrogens (tertiary/aromatic N) is 1. The van der Waals surface area contributed by atoms with E-state index in [1.807, 2.05) is 0 Å². The Kier molecular flexibility index (Phi) is 8.37. The highest BCUT2D eigenvalue weighted by molar-refractivity contribution is 5.84. The van der Waals surface area contributed by atoms with Crippen LogP contribution < -0.4 is 5.32 Å². The summed E-state index contributed by atoms with van der Waals surface area (Å²) in [7, 11) is 2.03. The van der Waals surface area contributed by atoms with Crippen LogP contribution in [0, 0.1) is 5.21 Å². The maximum absolute atomic E-state index is 13.4. The minimum absolute atomic E-state index is 0.425. The summed E-state index contributed by atoms with van der Waals surface area (Å²) < 4.78 is 194. The number of carbonyl (C=O) groups excluding carboxylic acids is 1. The van der Waals surface area contributed by atoms with Crippen molar-refractivity contribution in [3.8, 4) is 0 Å². The lowest BCUT2D eigenvalue weighted by atomic mass is 10.0. The molecule has 0 heterocycles. The number of quaternary nitrogens is 1. The summed E-state index contributed by atoms with van der Waals surface area (Å²) in [5.74, 6) is -34.1. The van der Waals surface area contributed by atoms with Gasteiger partial charge in [-0.3, -0.25) is 4.79 Å². The number of hydrogen-bond acceptors (Lipinski definition) is 3. The van der Waals surface area contributed by atoms with Gasteiger partial charge in [0.2, 0.25) is 0 Å². The summed E-state index contributed by atoms with van der Waals surface area (Å²) in [4.78, 5) is 11.1. The number of ether oxygens (including phenoxy) is 1. The number of nitrogens with one attached hydrogen (secondary N) is 1. The first kappa shape index (κ1) is 31.3. The molecule has 1 amide bonds. The van der Waals surface area contributed by atoms with Gasteiger partial charge in [-0.05, 0) is 0 Å². The van der Waals surface area contributed by atoms with Gasteiger partial charge in [-0.1, -0.05) is 0 Å².